The predicted molar refractivity (Wildman–Crippen MR) is 59.3 cm³/mol. The van der Waals surface area contributed by atoms with Crippen LogP contribution in [0.25, 0.3) is 0 Å². The fourth-order valence-corrected chi connectivity index (χ4v) is 2.80. The van der Waals surface area contributed by atoms with Crippen molar-refractivity contribution in [1.82, 2.24) is 10.6 Å². The molecule has 0 spiro atoms. The Morgan fingerprint density at radius 2 is 2.31 bits per heavy atom. The molecule has 2 fully saturated rings. The summed E-state index contributed by atoms with van der Waals surface area (Å²) < 4.78 is 0. The highest BCUT2D eigenvalue weighted by Gasteiger charge is 2.45. The molecule has 0 aromatic heterocycles. The summed E-state index contributed by atoms with van der Waals surface area (Å²) in [5.74, 6) is 2.56. The third kappa shape index (κ3) is 2.61. The molecule has 2 unspecified atom stereocenters. The minimum atomic E-state index is 0.571. The van der Waals surface area contributed by atoms with Gasteiger partial charge in [-0.3, -0.25) is 0 Å². The van der Waals surface area contributed by atoms with Crippen LogP contribution < -0.4 is 10.6 Å². The highest BCUT2D eigenvalue weighted by molar-refractivity contribution is 7.99. The average molecular weight is 200 g/mol. The Balaban J connectivity index is 1.62. The fourth-order valence-electron chi connectivity index (χ4n) is 1.85. The van der Waals surface area contributed by atoms with Crippen LogP contribution in [0.3, 0.4) is 0 Å². The molecule has 1 saturated heterocycles. The second-order valence-electron chi connectivity index (χ2n) is 4.88. The summed E-state index contributed by atoms with van der Waals surface area (Å²) in [4.78, 5) is 0. The van der Waals surface area contributed by atoms with E-state index in [1.807, 2.05) is 0 Å². The molecule has 1 aliphatic heterocycles. The van der Waals surface area contributed by atoms with Gasteiger partial charge in [-0.05, 0) is 11.8 Å². The van der Waals surface area contributed by atoms with Crippen molar-refractivity contribution < 1.29 is 0 Å². The summed E-state index contributed by atoms with van der Waals surface area (Å²) in [6.07, 6.45) is 1.35. The van der Waals surface area contributed by atoms with E-state index in [4.69, 9.17) is 0 Å². The molecule has 1 saturated carbocycles. The summed E-state index contributed by atoms with van der Waals surface area (Å²) in [6.45, 7) is 7.02. The van der Waals surface area contributed by atoms with Gasteiger partial charge >= 0.3 is 0 Å². The van der Waals surface area contributed by atoms with Gasteiger partial charge in [0.15, 0.2) is 0 Å². The second-order valence-corrected chi connectivity index (χ2v) is 6.03. The molecule has 3 heteroatoms. The molecule has 0 amide bonds. The molecule has 1 aliphatic carbocycles. The standard InChI is InChI=1S/C10H20N2S/c1-10(2)5-9(10)12-6-8-7-13-4-3-11-8/h8-9,11-12H,3-7H2,1-2H3. The average Bonchev–Trinajstić information content (AvgIpc) is 2.73. The first kappa shape index (κ1) is 9.81. The number of hydrogen-bond donors (Lipinski definition) is 2. The molecule has 0 aromatic rings. The zero-order valence-electron chi connectivity index (χ0n) is 8.60. The molecule has 2 nitrogen and oxygen atoms in total. The van der Waals surface area contributed by atoms with Gasteiger partial charge in [0.2, 0.25) is 0 Å². The van der Waals surface area contributed by atoms with E-state index >= 15 is 0 Å². The van der Waals surface area contributed by atoms with Crippen molar-refractivity contribution in [3.8, 4) is 0 Å². The molecule has 2 rings (SSSR count). The molecule has 0 radical (unpaired) electrons. The highest BCUT2D eigenvalue weighted by atomic mass is 32.2. The normalized spacial score (nSPS) is 37.4. The van der Waals surface area contributed by atoms with E-state index in [-0.39, 0.29) is 0 Å². The Labute approximate surface area is 85.2 Å². The molecule has 2 aliphatic rings. The van der Waals surface area contributed by atoms with Crippen LogP contribution in [-0.4, -0.2) is 36.7 Å². The minimum absolute atomic E-state index is 0.571. The van der Waals surface area contributed by atoms with Gasteiger partial charge in [0, 0.05) is 36.7 Å². The molecular formula is C10H20N2S. The first-order chi connectivity index (χ1) is 6.18. The van der Waals surface area contributed by atoms with E-state index in [0.717, 1.165) is 12.6 Å². The van der Waals surface area contributed by atoms with Crippen molar-refractivity contribution in [3.63, 3.8) is 0 Å². The Kier molecular flexibility index (Phi) is 2.86. The molecule has 0 aromatic carbocycles. The van der Waals surface area contributed by atoms with Crippen LogP contribution in [-0.2, 0) is 0 Å². The van der Waals surface area contributed by atoms with Gasteiger partial charge in [-0.1, -0.05) is 13.8 Å². The lowest BCUT2D eigenvalue weighted by molar-refractivity contribution is 0.478. The Bertz CT molecular complexity index is 176. The summed E-state index contributed by atoms with van der Waals surface area (Å²) >= 11 is 2.07. The maximum Gasteiger partial charge on any atom is 0.0283 e. The fraction of sp³-hybridized carbons (Fsp3) is 1.00. The number of hydrogen-bond acceptors (Lipinski definition) is 3. The summed E-state index contributed by atoms with van der Waals surface area (Å²) in [5, 5.41) is 7.19. The lowest BCUT2D eigenvalue weighted by Crippen LogP contribution is -2.45. The topological polar surface area (TPSA) is 24.1 Å². The van der Waals surface area contributed by atoms with Gasteiger partial charge in [-0.2, -0.15) is 11.8 Å². The van der Waals surface area contributed by atoms with Crippen molar-refractivity contribution >= 4 is 11.8 Å². The zero-order valence-corrected chi connectivity index (χ0v) is 9.41. The first-order valence-corrected chi connectivity index (χ1v) is 6.38. The van der Waals surface area contributed by atoms with E-state index in [1.165, 1.54) is 24.5 Å². The van der Waals surface area contributed by atoms with Crippen molar-refractivity contribution in [2.75, 3.05) is 24.6 Å². The maximum atomic E-state index is 3.64. The van der Waals surface area contributed by atoms with Crippen LogP contribution in [0.4, 0.5) is 0 Å². The van der Waals surface area contributed by atoms with Crippen molar-refractivity contribution in [2.24, 2.45) is 5.41 Å². The molecule has 76 valence electrons. The van der Waals surface area contributed by atoms with Crippen LogP contribution in [0.15, 0.2) is 0 Å². The van der Waals surface area contributed by atoms with Crippen LogP contribution in [0.2, 0.25) is 0 Å². The SMILES string of the molecule is CC1(C)CC1NCC1CSCCN1. The van der Waals surface area contributed by atoms with Gasteiger partial charge in [0.1, 0.15) is 0 Å². The van der Waals surface area contributed by atoms with Gasteiger partial charge in [-0.15, -0.1) is 0 Å². The van der Waals surface area contributed by atoms with E-state index in [9.17, 15) is 0 Å². The van der Waals surface area contributed by atoms with Crippen molar-refractivity contribution in [1.29, 1.82) is 0 Å². The van der Waals surface area contributed by atoms with Crippen LogP contribution >= 0.6 is 11.8 Å². The van der Waals surface area contributed by atoms with E-state index in [2.05, 4.69) is 36.2 Å². The smallest absolute Gasteiger partial charge is 0.0283 e. The lowest BCUT2D eigenvalue weighted by atomic mass is 10.2. The minimum Gasteiger partial charge on any atom is -0.312 e. The number of rotatable bonds is 3. The van der Waals surface area contributed by atoms with Crippen molar-refractivity contribution in [3.05, 3.63) is 0 Å². The van der Waals surface area contributed by atoms with Crippen LogP contribution in [0.1, 0.15) is 20.3 Å². The molecular weight excluding hydrogens is 180 g/mol. The number of thioether (sulfide) groups is 1. The number of nitrogens with one attached hydrogen (secondary N) is 2. The van der Waals surface area contributed by atoms with Crippen molar-refractivity contribution in [2.45, 2.75) is 32.4 Å². The summed E-state index contributed by atoms with van der Waals surface area (Å²) in [6, 6.07) is 1.48. The molecule has 2 N–H and O–H groups in total. The van der Waals surface area contributed by atoms with E-state index in [0.29, 0.717) is 11.5 Å². The molecule has 13 heavy (non-hydrogen) atoms. The van der Waals surface area contributed by atoms with Crippen LogP contribution in [0, 0.1) is 5.41 Å². The molecule has 1 heterocycles. The zero-order chi connectivity index (χ0) is 9.31. The van der Waals surface area contributed by atoms with Gasteiger partial charge in [-0.25, -0.2) is 0 Å². The van der Waals surface area contributed by atoms with Crippen LogP contribution in [0.5, 0.6) is 0 Å². The van der Waals surface area contributed by atoms with Gasteiger partial charge in [0.25, 0.3) is 0 Å². The third-order valence-corrected chi connectivity index (χ3v) is 4.25. The third-order valence-electron chi connectivity index (χ3n) is 3.12. The first-order valence-electron chi connectivity index (χ1n) is 5.23. The quantitative estimate of drug-likeness (QED) is 0.713. The monoisotopic (exact) mass is 200 g/mol. The lowest BCUT2D eigenvalue weighted by Gasteiger charge is -2.23. The molecule has 2 atom stereocenters. The highest BCUT2D eigenvalue weighted by Crippen LogP contribution is 2.44. The van der Waals surface area contributed by atoms with E-state index < -0.39 is 0 Å². The van der Waals surface area contributed by atoms with Gasteiger partial charge < -0.3 is 10.6 Å². The summed E-state index contributed by atoms with van der Waals surface area (Å²) in [5.41, 5.74) is 0.571. The van der Waals surface area contributed by atoms with E-state index in [1.54, 1.807) is 0 Å². The molecule has 0 bridgehead atoms. The Morgan fingerprint density at radius 3 is 2.85 bits per heavy atom. The Morgan fingerprint density at radius 1 is 1.54 bits per heavy atom. The Hall–Kier alpha value is 0.270. The maximum absolute atomic E-state index is 3.64. The predicted octanol–water partition coefficient (Wildman–Crippen LogP) is 1.08. The van der Waals surface area contributed by atoms with Gasteiger partial charge in [0.05, 0.1) is 0 Å². The largest absolute Gasteiger partial charge is 0.312 e. The summed E-state index contributed by atoms with van der Waals surface area (Å²) in [7, 11) is 0. The second kappa shape index (κ2) is 3.79.